The average molecular weight is 306 g/mol. The van der Waals surface area contributed by atoms with Gasteiger partial charge in [0.05, 0.1) is 5.69 Å². The highest BCUT2D eigenvalue weighted by atomic mass is 16.4. The standard InChI is InChI=1S/C19H18N2O2/c1-13-5-6-14(2)16(10-13)12-21-17(7-8-18(21)19(22)23)15-4-3-9-20-11-15/h3-11H,12H2,1-2H3,(H,22,23). The molecule has 0 saturated heterocycles. The molecule has 0 aliphatic heterocycles. The quantitative estimate of drug-likeness (QED) is 0.795. The third-order valence-corrected chi connectivity index (χ3v) is 3.99. The molecule has 2 aromatic heterocycles. The van der Waals surface area contributed by atoms with Crippen molar-refractivity contribution in [3.05, 3.63) is 77.2 Å². The molecule has 23 heavy (non-hydrogen) atoms. The molecule has 1 N–H and O–H groups in total. The second-order valence-electron chi connectivity index (χ2n) is 5.67. The van der Waals surface area contributed by atoms with Gasteiger partial charge < -0.3 is 9.67 Å². The molecule has 116 valence electrons. The molecule has 4 heteroatoms. The fraction of sp³-hybridized carbons (Fsp3) is 0.158. The SMILES string of the molecule is Cc1ccc(C)c(Cn2c(C(=O)O)ccc2-c2cccnc2)c1. The Bertz CT molecular complexity index is 851. The number of hydrogen-bond donors (Lipinski definition) is 1. The molecule has 0 spiro atoms. The van der Waals surface area contributed by atoms with E-state index < -0.39 is 5.97 Å². The number of aryl methyl sites for hydroxylation is 2. The molecule has 0 aliphatic carbocycles. The predicted molar refractivity (Wildman–Crippen MR) is 89.6 cm³/mol. The molecule has 1 aromatic carbocycles. The maximum atomic E-state index is 11.6. The summed E-state index contributed by atoms with van der Waals surface area (Å²) in [6.07, 6.45) is 3.46. The molecular formula is C19H18N2O2. The monoisotopic (exact) mass is 306 g/mol. The number of aromatic nitrogens is 2. The lowest BCUT2D eigenvalue weighted by Gasteiger charge is -2.14. The maximum absolute atomic E-state index is 11.6. The molecule has 0 aliphatic rings. The van der Waals surface area contributed by atoms with E-state index in [1.54, 1.807) is 18.5 Å². The Morgan fingerprint density at radius 2 is 2.00 bits per heavy atom. The molecule has 0 radical (unpaired) electrons. The van der Waals surface area contributed by atoms with Crippen molar-refractivity contribution >= 4 is 5.97 Å². The molecule has 0 fully saturated rings. The highest BCUT2D eigenvalue weighted by molar-refractivity contribution is 5.87. The topological polar surface area (TPSA) is 55.1 Å². The van der Waals surface area contributed by atoms with Crippen LogP contribution in [0.25, 0.3) is 11.3 Å². The average Bonchev–Trinajstić information content (AvgIpc) is 2.95. The summed E-state index contributed by atoms with van der Waals surface area (Å²) in [4.78, 5) is 15.7. The zero-order valence-electron chi connectivity index (χ0n) is 13.2. The molecule has 0 atom stereocenters. The van der Waals surface area contributed by atoms with Crippen LogP contribution in [0.3, 0.4) is 0 Å². The van der Waals surface area contributed by atoms with Gasteiger partial charge in [0.1, 0.15) is 5.69 Å². The fourth-order valence-electron chi connectivity index (χ4n) is 2.73. The van der Waals surface area contributed by atoms with Gasteiger partial charge in [0.25, 0.3) is 0 Å². The number of benzene rings is 1. The molecule has 3 rings (SSSR count). The molecule has 0 bridgehead atoms. The van der Waals surface area contributed by atoms with Gasteiger partial charge in [-0.1, -0.05) is 23.8 Å². The summed E-state index contributed by atoms with van der Waals surface area (Å²) in [7, 11) is 0. The van der Waals surface area contributed by atoms with E-state index in [0.29, 0.717) is 6.54 Å². The van der Waals surface area contributed by atoms with E-state index in [-0.39, 0.29) is 5.69 Å². The molecule has 2 heterocycles. The highest BCUT2D eigenvalue weighted by Crippen LogP contribution is 2.24. The largest absolute Gasteiger partial charge is 0.477 e. The molecule has 0 saturated carbocycles. The number of nitrogens with zero attached hydrogens (tertiary/aromatic N) is 2. The van der Waals surface area contributed by atoms with Crippen LogP contribution >= 0.6 is 0 Å². The summed E-state index contributed by atoms with van der Waals surface area (Å²) >= 11 is 0. The number of hydrogen-bond acceptors (Lipinski definition) is 2. The smallest absolute Gasteiger partial charge is 0.352 e. The third kappa shape index (κ3) is 3.01. The summed E-state index contributed by atoms with van der Waals surface area (Å²) in [6, 6.07) is 13.5. The van der Waals surface area contributed by atoms with Crippen molar-refractivity contribution in [2.24, 2.45) is 0 Å². The Hall–Kier alpha value is -2.88. The molecule has 3 aromatic rings. The van der Waals surface area contributed by atoms with E-state index in [4.69, 9.17) is 0 Å². The summed E-state index contributed by atoms with van der Waals surface area (Å²) in [5.74, 6) is -0.926. The van der Waals surface area contributed by atoms with Crippen molar-refractivity contribution in [1.82, 2.24) is 9.55 Å². The van der Waals surface area contributed by atoms with E-state index >= 15 is 0 Å². The van der Waals surface area contributed by atoms with E-state index in [9.17, 15) is 9.90 Å². The number of carboxylic acid groups (broad SMARTS) is 1. The van der Waals surface area contributed by atoms with Crippen LogP contribution in [0.4, 0.5) is 0 Å². The van der Waals surface area contributed by atoms with E-state index in [1.807, 2.05) is 36.6 Å². The van der Waals surface area contributed by atoms with Crippen molar-refractivity contribution in [2.45, 2.75) is 20.4 Å². The zero-order chi connectivity index (χ0) is 16.4. The van der Waals surface area contributed by atoms with Crippen LogP contribution in [-0.4, -0.2) is 20.6 Å². The first-order valence-corrected chi connectivity index (χ1v) is 7.45. The summed E-state index contributed by atoms with van der Waals surface area (Å²) in [5, 5.41) is 9.49. The Morgan fingerprint density at radius 3 is 2.70 bits per heavy atom. The van der Waals surface area contributed by atoms with Gasteiger partial charge in [-0.25, -0.2) is 4.79 Å². The fourth-order valence-corrected chi connectivity index (χ4v) is 2.73. The lowest BCUT2D eigenvalue weighted by molar-refractivity contribution is 0.0686. The minimum atomic E-state index is -0.926. The van der Waals surface area contributed by atoms with Crippen LogP contribution in [0, 0.1) is 13.8 Å². The van der Waals surface area contributed by atoms with Gasteiger partial charge in [-0.05, 0) is 49.2 Å². The molecule has 0 amide bonds. The minimum absolute atomic E-state index is 0.282. The Balaban J connectivity index is 2.11. The summed E-state index contributed by atoms with van der Waals surface area (Å²) in [6.45, 7) is 4.60. The van der Waals surface area contributed by atoms with Gasteiger partial charge in [-0.15, -0.1) is 0 Å². The molecule has 0 unspecified atom stereocenters. The maximum Gasteiger partial charge on any atom is 0.352 e. The van der Waals surface area contributed by atoms with Crippen LogP contribution in [0.2, 0.25) is 0 Å². The highest BCUT2D eigenvalue weighted by Gasteiger charge is 2.16. The van der Waals surface area contributed by atoms with E-state index in [0.717, 1.165) is 27.9 Å². The Kier molecular flexibility index (Phi) is 3.98. The molecular weight excluding hydrogens is 288 g/mol. The Morgan fingerprint density at radius 1 is 1.17 bits per heavy atom. The van der Waals surface area contributed by atoms with E-state index in [2.05, 4.69) is 23.2 Å². The van der Waals surface area contributed by atoms with Crippen LogP contribution in [0.5, 0.6) is 0 Å². The van der Waals surface area contributed by atoms with Gasteiger partial charge in [-0.3, -0.25) is 4.98 Å². The molecule has 4 nitrogen and oxygen atoms in total. The normalized spacial score (nSPS) is 10.7. The van der Waals surface area contributed by atoms with Crippen LogP contribution in [-0.2, 0) is 6.54 Å². The van der Waals surface area contributed by atoms with Crippen molar-refractivity contribution in [2.75, 3.05) is 0 Å². The van der Waals surface area contributed by atoms with Crippen molar-refractivity contribution in [3.63, 3.8) is 0 Å². The van der Waals surface area contributed by atoms with Crippen molar-refractivity contribution in [3.8, 4) is 11.3 Å². The number of aromatic carboxylic acids is 1. The predicted octanol–water partition coefficient (Wildman–Crippen LogP) is 3.91. The van der Waals surface area contributed by atoms with Gasteiger partial charge in [0.2, 0.25) is 0 Å². The second kappa shape index (κ2) is 6.08. The van der Waals surface area contributed by atoms with Crippen LogP contribution in [0.1, 0.15) is 27.2 Å². The van der Waals surface area contributed by atoms with Gasteiger partial charge in [0.15, 0.2) is 0 Å². The first-order valence-electron chi connectivity index (χ1n) is 7.45. The second-order valence-corrected chi connectivity index (χ2v) is 5.67. The zero-order valence-corrected chi connectivity index (χ0v) is 13.2. The first kappa shape index (κ1) is 15.0. The third-order valence-electron chi connectivity index (χ3n) is 3.99. The number of pyridine rings is 1. The number of carboxylic acids is 1. The van der Waals surface area contributed by atoms with Crippen molar-refractivity contribution < 1.29 is 9.90 Å². The van der Waals surface area contributed by atoms with Crippen LogP contribution in [0.15, 0.2) is 54.9 Å². The lowest BCUT2D eigenvalue weighted by Crippen LogP contribution is -2.11. The number of carbonyl (C=O) groups is 1. The van der Waals surface area contributed by atoms with Crippen molar-refractivity contribution in [1.29, 1.82) is 0 Å². The van der Waals surface area contributed by atoms with Gasteiger partial charge in [0, 0.05) is 24.5 Å². The summed E-state index contributed by atoms with van der Waals surface area (Å²) < 4.78 is 1.83. The van der Waals surface area contributed by atoms with E-state index in [1.165, 1.54) is 0 Å². The van der Waals surface area contributed by atoms with Gasteiger partial charge in [-0.2, -0.15) is 0 Å². The minimum Gasteiger partial charge on any atom is -0.477 e. The van der Waals surface area contributed by atoms with Crippen LogP contribution < -0.4 is 0 Å². The Labute approximate surface area is 135 Å². The number of rotatable bonds is 4. The van der Waals surface area contributed by atoms with Gasteiger partial charge >= 0.3 is 5.97 Å². The first-order chi connectivity index (χ1) is 11.1. The summed E-state index contributed by atoms with van der Waals surface area (Å²) in [5.41, 5.74) is 5.48. The lowest BCUT2D eigenvalue weighted by atomic mass is 10.1.